The Balaban J connectivity index is 1.73. The number of nitro benzene ring substituents is 1. The highest BCUT2D eigenvalue weighted by molar-refractivity contribution is 6.02. The van der Waals surface area contributed by atoms with Crippen LogP contribution in [-0.4, -0.2) is 37.2 Å². The van der Waals surface area contributed by atoms with Gasteiger partial charge in [0, 0.05) is 23.3 Å². The fraction of sp³-hybridized carbons (Fsp3) is 0.417. The van der Waals surface area contributed by atoms with Gasteiger partial charge in [-0.15, -0.1) is 0 Å². The van der Waals surface area contributed by atoms with E-state index in [-0.39, 0.29) is 24.1 Å². The van der Waals surface area contributed by atoms with E-state index in [0.717, 1.165) is 5.56 Å². The molecular formula is C24H23NO7. The fourth-order valence-corrected chi connectivity index (χ4v) is 6.29. The van der Waals surface area contributed by atoms with Crippen molar-refractivity contribution in [1.82, 2.24) is 0 Å². The van der Waals surface area contributed by atoms with Crippen LogP contribution >= 0.6 is 0 Å². The Morgan fingerprint density at radius 3 is 2.28 bits per heavy atom. The molecular weight excluding hydrogens is 414 g/mol. The first-order valence-corrected chi connectivity index (χ1v) is 10.5. The average Bonchev–Trinajstić information content (AvgIpc) is 3.27. The van der Waals surface area contributed by atoms with Gasteiger partial charge in [-0.1, -0.05) is 42.5 Å². The van der Waals surface area contributed by atoms with Crippen molar-refractivity contribution in [3.8, 4) is 0 Å². The van der Waals surface area contributed by atoms with Crippen LogP contribution in [0.3, 0.4) is 0 Å². The smallest absolute Gasteiger partial charge is 0.323 e. The van der Waals surface area contributed by atoms with Gasteiger partial charge in [-0.05, 0) is 24.5 Å². The number of ether oxygens (including phenoxy) is 3. The number of rotatable bonds is 5. The second-order valence-corrected chi connectivity index (χ2v) is 8.84. The molecule has 8 nitrogen and oxygen atoms in total. The monoisotopic (exact) mass is 437 g/mol. The van der Waals surface area contributed by atoms with Crippen molar-refractivity contribution in [3.05, 3.63) is 75.8 Å². The summed E-state index contributed by atoms with van der Waals surface area (Å²) in [6.45, 7) is 0. The summed E-state index contributed by atoms with van der Waals surface area (Å²) < 4.78 is 16.6. The highest BCUT2D eigenvalue weighted by atomic mass is 16.6. The van der Waals surface area contributed by atoms with Gasteiger partial charge in [0.2, 0.25) is 0 Å². The topological polar surface area (TPSA) is 105 Å². The molecule has 166 valence electrons. The van der Waals surface area contributed by atoms with Crippen LogP contribution in [0.4, 0.5) is 5.69 Å². The quantitative estimate of drug-likeness (QED) is 0.305. The van der Waals surface area contributed by atoms with Crippen LogP contribution in [-0.2, 0) is 23.8 Å². The lowest BCUT2D eigenvalue weighted by Gasteiger charge is -2.35. The van der Waals surface area contributed by atoms with Gasteiger partial charge in [-0.3, -0.25) is 19.7 Å². The summed E-state index contributed by atoms with van der Waals surface area (Å²) in [6.07, 6.45) is 0.107. The number of hydrogen-bond donors (Lipinski definition) is 0. The van der Waals surface area contributed by atoms with Crippen molar-refractivity contribution < 1.29 is 28.7 Å². The van der Waals surface area contributed by atoms with Crippen LogP contribution in [0.25, 0.3) is 0 Å². The van der Waals surface area contributed by atoms with Crippen LogP contribution < -0.4 is 0 Å². The van der Waals surface area contributed by atoms with Gasteiger partial charge in [-0.2, -0.15) is 0 Å². The van der Waals surface area contributed by atoms with Gasteiger partial charge in [0.25, 0.3) is 5.69 Å². The van der Waals surface area contributed by atoms with Crippen LogP contribution in [0.2, 0.25) is 0 Å². The number of carbonyl (C=O) groups is 2. The summed E-state index contributed by atoms with van der Waals surface area (Å²) in [5.41, 5.74) is -0.785. The minimum Gasteiger partial charge on any atom is -0.468 e. The van der Waals surface area contributed by atoms with Crippen molar-refractivity contribution in [2.45, 2.75) is 31.0 Å². The Hall–Kier alpha value is -3.26. The summed E-state index contributed by atoms with van der Waals surface area (Å²) >= 11 is 0. The maximum Gasteiger partial charge on any atom is 0.323 e. The largest absolute Gasteiger partial charge is 0.468 e. The molecule has 0 radical (unpaired) electrons. The Bertz CT molecular complexity index is 1080. The molecule has 2 saturated carbocycles. The van der Waals surface area contributed by atoms with Gasteiger partial charge >= 0.3 is 11.9 Å². The van der Waals surface area contributed by atoms with Crippen molar-refractivity contribution >= 4 is 17.6 Å². The zero-order valence-corrected chi connectivity index (χ0v) is 17.7. The molecule has 0 aromatic heterocycles. The van der Waals surface area contributed by atoms with Gasteiger partial charge in [-0.25, -0.2) is 0 Å². The van der Waals surface area contributed by atoms with E-state index in [4.69, 9.17) is 14.2 Å². The van der Waals surface area contributed by atoms with Crippen molar-refractivity contribution in [3.63, 3.8) is 0 Å². The molecule has 8 heteroatoms. The molecule has 5 atom stereocenters. The summed E-state index contributed by atoms with van der Waals surface area (Å²) in [7, 11) is 2.53. The van der Waals surface area contributed by atoms with E-state index < -0.39 is 39.7 Å². The number of para-hydroxylation sites is 1. The summed E-state index contributed by atoms with van der Waals surface area (Å²) in [5.74, 6) is -2.22. The Kier molecular flexibility index (Phi) is 4.60. The van der Waals surface area contributed by atoms with E-state index in [1.807, 2.05) is 30.3 Å². The average molecular weight is 437 g/mol. The lowest BCUT2D eigenvalue weighted by Crippen LogP contribution is -2.45. The normalized spacial score (nSPS) is 31.3. The van der Waals surface area contributed by atoms with Gasteiger partial charge in [0.15, 0.2) is 5.41 Å². The molecule has 1 saturated heterocycles. The first kappa shape index (κ1) is 20.6. The summed E-state index contributed by atoms with van der Waals surface area (Å²) in [6, 6.07) is 15.8. The van der Waals surface area contributed by atoms with Crippen molar-refractivity contribution in [1.29, 1.82) is 0 Å². The third kappa shape index (κ3) is 2.59. The number of esters is 2. The minimum atomic E-state index is -1.55. The predicted molar refractivity (Wildman–Crippen MR) is 112 cm³/mol. The Labute approximate surface area is 184 Å². The highest BCUT2D eigenvalue weighted by Crippen LogP contribution is 2.80. The van der Waals surface area contributed by atoms with Crippen molar-refractivity contribution in [2.75, 3.05) is 14.2 Å². The van der Waals surface area contributed by atoms with E-state index in [1.54, 1.807) is 18.2 Å². The van der Waals surface area contributed by atoms with Gasteiger partial charge in [0.05, 0.1) is 36.9 Å². The zero-order chi connectivity index (χ0) is 22.7. The molecule has 3 fully saturated rings. The maximum atomic E-state index is 13.3. The second-order valence-electron chi connectivity index (χ2n) is 8.84. The van der Waals surface area contributed by atoms with E-state index in [2.05, 4.69) is 0 Å². The summed E-state index contributed by atoms with van der Waals surface area (Å²) in [5, 5.41) is 11.8. The molecule has 32 heavy (non-hydrogen) atoms. The number of hydrogen-bond acceptors (Lipinski definition) is 7. The van der Waals surface area contributed by atoms with E-state index in [0.29, 0.717) is 12.0 Å². The van der Waals surface area contributed by atoms with Crippen LogP contribution in [0, 0.1) is 26.9 Å². The molecule has 2 aromatic carbocycles. The molecule has 2 aliphatic carbocycles. The van der Waals surface area contributed by atoms with Crippen LogP contribution in [0.15, 0.2) is 54.6 Å². The number of nitro groups is 1. The molecule has 1 heterocycles. The molecule has 0 N–H and O–H groups in total. The number of methoxy groups -OCH3 is 2. The van der Waals surface area contributed by atoms with Crippen LogP contribution in [0.5, 0.6) is 0 Å². The molecule has 1 spiro atoms. The molecule has 1 unspecified atom stereocenters. The Morgan fingerprint density at radius 1 is 1.03 bits per heavy atom. The number of carbonyl (C=O) groups excluding carboxylic acids is 2. The van der Waals surface area contributed by atoms with Crippen molar-refractivity contribution in [2.24, 2.45) is 16.7 Å². The molecule has 5 rings (SSSR count). The van der Waals surface area contributed by atoms with E-state index >= 15 is 0 Å². The third-order valence-electron chi connectivity index (χ3n) is 7.54. The van der Waals surface area contributed by atoms with E-state index in [1.165, 1.54) is 20.3 Å². The van der Waals surface area contributed by atoms with Crippen LogP contribution in [0.1, 0.15) is 36.0 Å². The van der Waals surface area contributed by atoms with Gasteiger partial charge < -0.3 is 14.2 Å². The standard InChI is InChI=1S/C24H23NO7/c1-30-21(26)24(22(27)31-2)13-23-12-17(23)32-20(15-10-6-7-11-16(15)25(28)29)19(23)18(24)14-8-4-3-5-9-14/h3-11,17-20H,12-13H2,1-2H3/t17?,18-,19+,20+,23-/m1/s1. The first-order chi connectivity index (χ1) is 15.4. The molecule has 0 bridgehead atoms. The second kappa shape index (κ2) is 7.13. The lowest BCUT2D eigenvalue weighted by atomic mass is 9.69. The highest BCUT2D eigenvalue weighted by Gasteiger charge is 2.81. The zero-order valence-electron chi connectivity index (χ0n) is 17.7. The third-order valence-corrected chi connectivity index (χ3v) is 7.54. The number of nitrogens with zero attached hydrogens (tertiary/aromatic N) is 1. The molecule has 2 aromatic rings. The molecule has 1 aliphatic heterocycles. The number of benzene rings is 2. The maximum absolute atomic E-state index is 13.3. The fourth-order valence-electron chi connectivity index (χ4n) is 6.29. The molecule has 0 amide bonds. The Morgan fingerprint density at radius 2 is 1.66 bits per heavy atom. The molecule has 3 aliphatic rings. The minimum absolute atomic E-state index is 0.0330. The summed E-state index contributed by atoms with van der Waals surface area (Å²) in [4.78, 5) is 37.8. The lowest BCUT2D eigenvalue weighted by molar-refractivity contribution is -0.386. The van der Waals surface area contributed by atoms with E-state index in [9.17, 15) is 19.7 Å². The predicted octanol–water partition coefficient (Wildman–Crippen LogP) is 3.56. The first-order valence-electron chi connectivity index (χ1n) is 10.5. The van der Waals surface area contributed by atoms with Gasteiger partial charge in [0.1, 0.15) is 0 Å². The SMILES string of the molecule is COC(=O)C1(C(=O)OC)C[C@]23CC2O[C@@H](c2ccccc2[N+](=O)[O-])[C@@H]3[C@H]1c1ccccc1.